The van der Waals surface area contributed by atoms with Crippen LogP contribution in [0.5, 0.6) is 0 Å². The first kappa shape index (κ1) is 18.1. The number of aromatic nitrogens is 2. The minimum atomic E-state index is -0.390. The number of benzene rings is 1. The van der Waals surface area contributed by atoms with E-state index in [-0.39, 0.29) is 10.6 Å². The number of fused-ring (bicyclic) bond motifs is 1. The molecule has 1 saturated heterocycles. The minimum absolute atomic E-state index is 0.0832. The van der Waals surface area contributed by atoms with Crippen LogP contribution in [0, 0.1) is 10.1 Å². The summed E-state index contributed by atoms with van der Waals surface area (Å²) in [5.74, 6) is 1.83. The van der Waals surface area contributed by atoms with E-state index in [9.17, 15) is 10.1 Å². The number of hydrogen-bond acceptors (Lipinski definition) is 7. The van der Waals surface area contributed by atoms with E-state index < -0.39 is 0 Å². The number of rotatable bonds is 6. The fourth-order valence-electron chi connectivity index (χ4n) is 3.41. The van der Waals surface area contributed by atoms with Crippen molar-refractivity contribution in [1.82, 2.24) is 14.9 Å². The van der Waals surface area contributed by atoms with Gasteiger partial charge in [0.2, 0.25) is 0 Å². The van der Waals surface area contributed by atoms with Crippen molar-refractivity contribution in [2.24, 2.45) is 0 Å². The zero-order valence-corrected chi connectivity index (χ0v) is 15.5. The van der Waals surface area contributed by atoms with Gasteiger partial charge < -0.3 is 10.2 Å². The number of nitro groups is 1. The molecule has 8 heteroatoms. The molecule has 3 aromatic rings. The first-order chi connectivity index (χ1) is 13.7. The average Bonchev–Trinajstić information content (AvgIpc) is 2.74. The van der Waals surface area contributed by atoms with Crippen LogP contribution in [-0.4, -0.2) is 59.1 Å². The monoisotopic (exact) mass is 378 g/mol. The summed E-state index contributed by atoms with van der Waals surface area (Å²) in [5.41, 5.74) is 0.833. The SMILES string of the molecule is O=[N+]([O-])c1ccc2nc(NCCN3CCN(c4ccccn4)CC3)ccc2c1. The van der Waals surface area contributed by atoms with Crippen molar-refractivity contribution in [3.05, 3.63) is 64.8 Å². The van der Waals surface area contributed by atoms with Gasteiger partial charge in [0, 0.05) is 63.0 Å². The molecule has 0 aliphatic carbocycles. The summed E-state index contributed by atoms with van der Waals surface area (Å²) in [6, 6.07) is 14.5. The van der Waals surface area contributed by atoms with Gasteiger partial charge >= 0.3 is 0 Å². The summed E-state index contributed by atoms with van der Waals surface area (Å²) in [5, 5.41) is 15.0. The van der Waals surface area contributed by atoms with E-state index >= 15 is 0 Å². The fourth-order valence-corrected chi connectivity index (χ4v) is 3.41. The predicted octanol–water partition coefficient (Wildman–Crippen LogP) is 2.77. The first-order valence-electron chi connectivity index (χ1n) is 9.36. The lowest BCUT2D eigenvalue weighted by Gasteiger charge is -2.35. The van der Waals surface area contributed by atoms with Crippen LogP contribution in [0.4, 0.5) is 17.3 Å². The van der Waals surface area contributed by atoms with E-state index in [0.29, 0.717) is 0 Å². The normalized spacial score (nSPS) is 14.9. The second kappa shape index (κ2) is 8.18. The van der Waals surface area contributed by atoms with Gasteiger partial charge in [-0.2, -0.15) is 0 Å². The van der Waals surface area contributed by atoms with Crippen molar-refractivity contribution in [1.29, 1.82) is 0 Å². The lowest BCUT2D eigenvalue weighted by Crippen LogP contribution is -2.47. The Balaban J connectivity index is 1.27. The van der Waals surface area contributed by atoms with E-state index in [1.165, 1.54) is 6.07 Å². The summed E-state index contributed by atoms with van der Waals surface area (Å²) in [7, 11) is 0. The Morgan fingerprint density at radius 3 is 2.68 bits per heavy atom. The van der Waals surface area contributed by atoms with E-state index in [0.717, 1.165) is 61.8 Å². The number of nitro benzene ring substituents is 1. The zero-order chi connectivity index (χ0) is 19.3. The molecule has 4 rings (SSSR count). The highest BCUT2D eigenvalue weighted by Crippen LogP contribution is 2.21. The quantitative estimate of drug-likeness (QED) is 0.521. The molecule has 0 bridgehead atoms. The highest BCUT2D eigenvalue weighted by atomic mass is 16.6. The van der Waals surface area contributed by atoms with Gasteiger partial charge in [0.25, 0.3) is 5.69 Å². The summed E-state index contributed by atoms with van der Waals surface area (Å²) < 4.78 is 0. The standard InChI is InChI=1S/C20H22N6O2/c27-26(28)17-5-6-18-16(15-17)4-7-19(23-18)21-9-10-24-11-13-25(14-12-24)20-3-1-2-8-22-20/h1-8,15H,9-14H2,(H,21,23). The fraction of sp³-hybridized carbons (Fsp3) is 0.300. The zero-order valence-electron chi connectivity index (χ0n) is 15.5. The summed E-state index contributed by atoms with van der Waals surface area (Å²) in [6.07, 6.45) is 1.83. The van der Waals surface area contributed by atoms with E-state index in [2.05, 4.69) is 31.2 Å². The predicted molar refractivity (Wildman–Crippen MR) is 110 cm³/mol. The Bertz CT molecular complexity index is 957. The molecule has 1 fully saturated rings. The summed E-state index contributed by atoms with van der Waals surface area (Å²) >= 11 is 0. The minimum Gasteiger partial charge on any atom is -0.369 e. The molecule has 144 valence electrons. The highest BCUT2D eigenvalue weighted by Gasteiger charge is 2.17. The van der Waals surface area contributed by atoms with E-state index in [1.54, 1.807) is 12.1 Å². The summed E-state index contributed by atoms with van der Waals surface area (Å²) in [4.78, 5) is 24.2. The van der Waals surface area contributed by atoms with Crippen LogP contribution in [0.1, 0.15) is 0 Å². The van der Waals surface area contributed by atoms with Crippen molar-refractivity contribution < 1.29 is 4.92 Å². The molecule has 8 nitrogen and oxygen atoms in total. The van der Waals surface area contributed by atoms with Crippen LogP contribution >= 0.6 is 0 Å². The molecule has 0 saturated carbocycles. The van der Waals surface area contributed by atoms with Crippen LogP contribution in [0.25, 0.3) is 10.9 Å². The Labute approximate surface area is 163 Å². The van der Waals surface area contributed by atoms with Crippen molar-refractivity contribution in [2.45, 2.75) is 0 Å². The maximum atomic E-state index is 10.9. The number of nitrogens with zero attached hydrogens (tertiary/aromatic N) is 5. The van der Waals surface area contributed by atoms with Gasteiger partial charge in [-0.3, -0.25) is 15.0 Å². The third-order valence-electron chi connectivity index (χ3n) is 4.96. The maximum absolute atomic E-state index is 10.9. The lowest BCUT2D eigenvalue weighted by atomic mass is 10.2. The van der Waals surface area contributed by atoms with Crippen LogP contribution in [0.2, 0.25) is 0 Å². The molecule has 1 aliphatic heterocycles. The van der Waals surface area contributed by atoms with Gasteiger partial charge in [0.05, 0.1) is 10.4 Å². The Morgan fingerprint density at radius 2 is 1.93 bits per heavy atom. The molecule has 3 heterocycles. The topological polar surface area (TPSA) is 87.4 Å². The van der Waals surface area contributed by atoms with Crippen molar-refractivity contribution in [3.8, 4) is 0 Å². The van der Waals surface area contributed by atoms with Gasteiger partial charge in [-0.15, -0.1) is 0 Å². The number of anilines is 2. The van der Waals surface area contributed by atoms with Gasteiger partial charge in [-0.25, -0.2) is 9.97 Å². The van der Waals surface area contributed by atoms with Crippen molar-refractivity contribution in [2.75, 3.05) is 49.5 Å². The number of piperazine rings is 1. The van der Waals surface area contributed by atoms with Crippen LogP contribution in [0.3, 0.4) is 0 Å². The number of non-ortho nitro benzene ring substituents is 1. The number of nitrogens with one attached hydrogen (secondary N) is 1. The third-order valence-corrected chi connectivity index (χ3v) is 4.96. The van der Waals surface area contributed by atoms with Gasteiger partial charge in [0.1, 0.15) is 11.6 Å². The Morgan fingerprint density at radius 1 is 1.07 bits per heavy atom. The Hall–Kier alpha value is -3.26. The molecule has 1 aromatic carbocycles. The van der Waals surface area contributed by atoms with Crippen LogP contribution in [-0.2, 0) is 0 Å². The Kier molecular flexibility index (Phi) is 5.29. The molecule has 0 amide bonds. The molecule has 0 atom stereocenters. The van der Waals surface area contributed by atoms with Crippen LogP contribution < -0.4 is 10.2 Å². The van der Waals surface area contributed by atoms with Gasteiger partial charge in [0.15, 0.2) is 0 Å². The number of pyridine rings is 2. The maximum Gasteiger partial charge on any atom is 0.270 e. The molecule has 1 aliphatic rings. The second-order valence-electron chi connectivity index (χ2n) is 6.77. The van der Waals surface area contributed by atoms with Gasteiger partial charge in [-0.05, 0) is 30.3 Å². The van der Waals surface area contributed by atoms with E-state index in [1.807, 2.05) is 30.5 Å². The van der Waals surface area contributed by atoms with E-state index in [4.69, 9.17) is 0 Å². The molecule has 2 aromatic heterocycles. The van der Waals surface area contributed by atoms with Gasteiger partial charge in [-0.1, -0.05) is 6.07 Å². The largest absolute Gasteiger partial charge is 0.369 e. The van der Waals surface area contributed by atoms with Crippen LogP contribution in [0.15, 0.2) is 54.7 Å². The van der Waals surface area contributed by atoms with Crippen molar-refractivity contribution >= 4 is 28.2 Å². The molecule has 0 radical (unpaired) electrons. The molecular weight excluding hydrogens is 356 g/mol. The number of hydrogen-bond donors (Lipinski definition) is 1. The average molecular weight is 378 g/mol. The molecule has 0 spiro atoms. The highest BCUT2D eigenvalue weighted by molar-refractivity contribution is 5.82. The first-order valence-corrected chi connectivity index (χ1v) is 9.36. The third kappa shape index (κ3) is 4.17. The van der Waals surface area contributed by atoms with Crippen molar-refractivity contribution in [3.63, 3.8) is 0 Å². The molecule has 28 heavy (non-hydrogen) atoms. The molecule has 1 N–H and O–H groups in total. The lowest BCUT2D eigenvalue weighted by molar-refractivity contribution is -0.384. The second-order valence-corrected chi connectivity index (χ2v) is 6.77. The summed E-state index contributed by atoms with van der Waals surface area (Å²) in [6.45, 7) is 5.71. The molecular formula is C20H22N6O2. The smallest absolute Gasteiger partial charge is 0.270 e. The molecule has 0 unspecified atom stereocenters.